The second-order valence-electron chi connectivity index (χ2n) is 23.6. The maximum Gasteiger partial charge on any atom is 0.306 e. The summed E-state index contributed by atoms with van der Waals surface area (Å²) in [6.07, 6.45) is -21.0. The van der Waals surface area contributed by atoms with Gasteiger partial charge >= 0.3 is 11.9 Å². The minimum atomic E-state index is -1.99. The van der Waals surface area contributed by atoms with Gasteiger partial charge in [0.05, 0.1) is 37.1 Å². The molecule has 0 spiro atoms. The van der Waals surface area contributed by atoms with Crippen molar-refractivity contribution in [3.63, 3.8) is 0 Å². The first kappa shape index (κ1) is 69.2. The van der Waals surface area contributed by atoms with Gasteiger partial charge in [0.15, 0.2) is 43.7 Å². The third-order valence-electron chi connectivity index (χ3n) is 17.0. The van der Waals surface area contributed by atoms with Crippen LogP contribution in [0.5, 0.6) is 0 Å². The maximum atomic E-state index is 14.2. The lowest BCUT2D eigenvalue weighted by atomic mass is 9.95. The van der Waals surface area contributed by atoms with Crippen LogP contribution in [0.4, 0.5) is 0 Å². The Morgan fingerprint density at radius 3 is 1.66 bits per heavy atom. The molecule has 6 saturated heterocycles. The van der Waals surface area contributed by atoms with Gasteiger partial charge < -0.3 is 108 Å². The molecule has 6 rings (SSSR count). The third kappa shape index (κ3) is 19.1. The van der Waals surface area contributed by atoms with Gasteiger partial charge in [0, 0.05) is 12.8 Å². The van der Waals surface area contributed by atoms with Crippen LogP contribution in [0.2, 0.25) is 0 Å². The van der Waals surface area contributed by atoms with Crippen LogP contribution >= 0.6 is 0 Å². The summed E-state index contributed by atoms with van der Waals surface area (Å²) >= 11 is 0. The largest absolute Gasteiger partial charge is 0.456 e. The smallest absolute Gasteiger partial charge is 0.306 e. The molecule has 82 heavy (non-hydrogen) atoms. The molecule has 24 nitrogen and oxygen atoms in total. The molecule has 0 aromatic rings. The van der Waals surface area contributed by atoms with E-state index in [1.807, 2.05) is 0 Å². The molecule has 6 aliphatic rings. The van der Waals surface area contributed by atoms with Gasteiger partial charge in [0.2, 0.25) is 0 Å². The van der Waals surface area contributed by atoms with E-state index in [2.05, 4.69) is 13.8 Å². The minimum Gasteiger partial charge on any atom is -0.456 e. The number of hydrogen-bond acceptors (Lipinski definition) is 24. The number of aliphatic hydroxyl groups excluding tert-OH is 10. The zero-order valence-corrected chi connectivity index (χ0v) is 49.2. The SMILES string of the molecule is CCCCCCCCCCCC(=O)OC1C(OC2C(C)OC3OC4C(OC(CCCCC)CCCCCCCCCC(=O)OC2C3O)OC(C)C(O)C4O)OC(C)C(OC2OC(C)C(O)C(O)C2O)C1OC1OC(CO)C(O)C(O)C1O. The lowest BCUT2D eigenvalue weighted by molar-refractivity contribution is -0.400. The average Bonchev–Trinajstić information content (AvgIpc) is 3.65. The zero-order valence-electron chi connectivity index (χ0n) is 49.2. The Hall–Kier alpha value is -1.86. The highest BCUT2D eigenvalue weighted by atomic mass is 16.8. The van der Waals surface area contributed by atoms with Crippen LogP contribution in [0.1, 0.15) is 189 Å². The predicted molar refractivity (Wildman–Crippen MR) is 289 cm³/mol. The average molecular weight is 1180 g/mol. The summed E-state index contributed by atoms with van der Waals surface area (Å²) in [4.78, 5) is 28.2. The zero-order chi connectivity index (χ0) is 59.6. The van der Waals surface area contributed by atoms with E-state index in [9.17, 15) is 60.7 Å². The number of carbonyl (C=O) groups is 2. The number of fused-ring (bicyclic) bond motifs is 3. The van der Waals surface area contributed by atoms with Crippen LogP contribution in [0.25, 0.3) is 0 Å². The number of hydrogen-bond donors (Lipinski definition) is 10. The van der Waals surface area contributed by atoms with Gasteiger partial charge in [0.25, 0.3) is 0 Å². The van der Waals surface area contributed by atoms with E-state index in [0.29, 0.717) is 32.1 Å². The summed E-state index contributed by atoms with van der Waals surface area (Å²) in [5.74, 6) is -1.47. The Balaban J connectivity index is 1.35. The van der Waals surface area contributed by atoms with Crippen LogP contribution in [-0.2, 0) is 66.4 Å². The van der Waals surface area contributed by atoms with Crippen molar-refractivity contribution in [2.45, 2.75) is 349 Å². The molecule has 26 unspecified atom stereocenters. The fourth-order valence-corrected chi connectivity index (χ4v) is 11.8. The standard InChI is InChI=1S/C58H102O24/c1-7-9-11-12-13-14-17-20-25-29-38(61)78-53-52(82-55-46(69)43(66)41(64)36(30-59)76-55)49(79-54-45(68)42(65)39(62)31(3)71-54)34(6)74-58(53)80-48-33(5)73-56-47(70)50(48)77-37(60)28-24-21-18-15-16-19-23-27-35(26-22-10-8-2)75-57-51(81-56)44(67)40(63)32(4)72-57/h31-36,39-59,62-70H,7-30H2,1-6H3. The molecule has 0 aromatic carbocycles. The van der Waals surface area contributed by atoms with Gasteiger partial charge in [-0.3, -0.25) is 9.59 Å². The highest BCUT2D eigenvalue weighted by molar-refractivity contribution is 5.70. The fourth-order valence-electron chi connectivity index (χ4n) is 11.8. The molecule has 0 amide bonds. The van der Waals surface area contributed by atoms with Crippen molar-refractivity contribution in [1.29, 1.82) is 0 Å². The molecule has 24 heteroatoms. The molecule has 2 bridgehead atoms. The summed E-state index contributed by atoms with van der Waals surface area (Å²) in [7, 11) is 0. The van der Waals surface area contributed by atoms with Crippen molar-refractivity contribution in [3.8, 4) is 0 Å². The van der Waals surface area contributed by atoms with Gasteiger partial charge in [0.1, 0.15) is 85.5 Å². The molecule has 6 aliphatic heterocycles. The first-order valence-electron chi connectivity index (χ1n) is 31.0. The Kier molecular flexibility index (Phi) is 29.2. The molecule has 6 heterocycles. The highest BCUT2D eigenvalue weighted by Gasteiger charge is 2.58. The lowest BCUT2D eigenvalue weighted by Gasteiger charge is -2.51. The van der Waals surface area contributed by atoms with E-state index < -0.39 is 172 Å². The summed E-state index contributed by atoms with van der Waals surface area (Å²) in [6, 6.07) is 0. The lowest BCUT2D eigenvalue weighted by Crippen LogP contribution is -2.68. The Labute approximate surface area is 483 Å². The van der Waals surface area contributed by atoms with Crippen LogP contribution < -0.4 is 0 Å². The molecule has 10 N–H and O–H groups in total. The summed E-state index contributed by atoms with van der Waals surface area (Å²) < 4.78 is 75.7. The van der Waals surface area contributed by atoms with E-state index in [4.69, 9.17) is 56.8 Å². The molecule has 6 fully saturated rings. The van der Waals surface area contributed by atoms with Crippen LogP contribution in [0, 0.1) is 0 Å². The number of rotatable bonds is 22. The summed E-state index contributed by atoms with van der Waals surface area (Å²) in [6.45, 7) is 9.51. The van der Waals surface area contributed by atoms with Crippen molar-refractivity contribution in [2.75, 3.05) is 6.61 Å². The number of unbranched alkanes of at least 4 members (excludes halogenated alkanes) is 10. The van der Waals surface area contributed by atoms with Gasteiger partial charge in [-0.05, 0) is 53.4 Å². The topological polar surface area (TPSA) is 347 Å². The van der Waals surface area contributed by atoms with E-state index in [0.717, 1.165) is 96.3 Å². The normalized spacial score (nSPS) is 43.1. The second kappa shape index (κ2) is 34.6. The Morgan fingerprint density at radius 2 is 0.988 bits per heavy atom. The highest BCUT2D eigenvalue weighted by Crippen LogP contribution is 2.39. The predicted octanol–water partition coefficient (Wildman–Crippen LogP) is 2.71. The first-order valence-corrected chi connectivity index (χ1v) is 31.0. The molecule has 26 atom stereocenters. The van der Waals surface area contributed by atoms with Crippen molar-refractivity contribution in [2.24, 2.45) is 0 Å². The van der Waals surface area contributed by atoms with Crippen LogP contribution in [-0.4, -0.2) is 229 Å². The third-order valence-corrected chi connectivity index (χ3v) is 17.0. The van der Waals surface area contributed by atoms with Gasteiger partial charge in [-0.1, -0.05) is 123 Å². The van der Waals surface area contributed by atoms with Gasteiger partial charge in [-0.15, -0.1) is 0 Å². The number of ether oxygens (including phenoxy) is 12. The summed E-state index contributed by atoms with van der Waals surface area (Å²) in [5, 5.41) is 111. The minimum absolute atomic E-state index is 0.0329. The fraction of sp³-hybridized carbons (Fsp3) is 0.966. The molecule has 0 aliphatic carbocycles. The van der Waals surface area contributed by atoms with Crippen molar-refractivity contribution in [1.82, 2.24) is 0 Å². The number of aliphatic hydroxyl groups is 10. The van der Waals surface area contributed by atoms with E-state index >= 15 is 0 Å². The van der Waals surface area contributed by atoms with Crippen LogP contribution in [0.3, 0.4) is 0 Å². The molecule has 0 aromatic heterocycles. The molecule has 0 saturated carbocycles. The molecule has 0 radical (unpaired) electrons. The van der Waals surface area contributed by atoms with Crippen LogP contribution in [0.15, 0.2) is 0 Å². The summed E-state index contributed by atoms with van der Waals surface area (Å²) in [5.41, 5.74) is 0. The molecular weight excluding hydrogens is 1080 g/mol. The van der Waals surface area contributed by atoms with Crippen molar-refractivity contribution >= 4 is 11.9 Å². The molecule has 478 valence electrons. The van der Waals surface area contributed by atoms with E-state index in [1.165, 1.54) is 20.3 Å². The Morgan fingerprint density at radius 1 is 0.463 bits per heavy atom. The maximum absolute atomic E-state index is 14.2. The van der Waals surface area contributed by atoms with Gasteiger partial charge in [-0.2, -0.15) is 0 Å². The Bertz CT molecular complexity index is 1820. The monoisotopic (exact) mass is 1180 g/mol. The van der Waals surface area contributed by atoms with Gasteiger partial charge in [-0.25, -0.2) is 0 Å². The first-order chi connectivity index (χ1) is 39.3. The molecular formula is C58H102O24. The van der Waals surface area contributed by atoms with Crippen molar-refractivity contribution in [3.05, 3.63) is 0 Å². The number of esters is 2. The van der Waals surface area contributed by atoms with E-state index in [1.54, 1.807) is 13.8 Å². The van der Waals surface area contributed by atoms with Crippen molar-refractivity contribution < 1.29 is 117 Å². The quantitative estimate of drug-likeness (QED) is 0.0550. The van der Waals surface area contributed by atoms with E-state index in [-0.39, 0.29) is 18.9 Å². The second-order valence-corrected chi connectivity index (χ2v) is 23.6. The number of carbonyl (C=O) groups excluding carboxylic acids is 2.